The Hall–Kier alpha value is -1.55. The van der Waals surface area contributed by atoms with E-state index >= 15 is 0 Å². The first kappa shape index (κ1) is 18.5. The molecule has 1 aromatic rings. The lowest BCUT2D eigenvalue weighted by atomic mass is 9.99. The maximum Gasteiger partial charge on any atom is 0.256 e. The van der Waals surface area contributed by atoms with E-state index in [0.717, 1.165) is 17.9 Å². The molecule has 1 aromatic carbocycles. The van der Waals surface area contributed by atoms with Crippen LogP contribution in [0.5, 0.6) is 5.75 Å². The van der Waals surface area contributed by atoms with Gasteiger partial charge in [0.05, 0.1) is 6.61 Å². The molecule has 0 aliphatic rings. The third-order valence-corrected chi connectivity index (χ3v) is 3.37. The minimum absolute atomic E-state index is 0.105. The van der Waals surface area contributed by atoms with E-state index in [4.69, 9.17) is 9.47 Å². The van der Waals surface area contributed by atoms with E-state index < -0.39 is 5.60 Å². The molecule has 1 rings (SSSR count). The molecule has 0 fully saturated rings. The molecule has 0 saturated heterocycles. The summed E-state index contributed by atoms with van der Waals surface area (Å²) in [5.41, 5.74) is -0.0278. The van der Waals surface area contributed by atoms with Gasteiger partial charge in [-0.1, -0.05) is 27.2 Å². The van der Waals surface area contributed by atoms with Gasteiger partial charge in [-0.15, -0.1) is 0 Å². The van der Waals surface area contributed by atoms with Crippen LogP contribution in [0.4, 0.5) is 5.69 Å². The minimum atomic E-state index is -0.781. The normalized spacial score (nSPS) is 13.7. The molecule has 1 amide bonds. The number of carbonyl (C=O) groups is 1. The fraction of sp³-hybridized carbons (Fsp3) is 0.611. The Morgan fingerprint density at radius 1 is 1.23 bits per heavy atom. The average Bonchev–Trinajstić information content (AvgIpc) is 2.47. The van der Waals surface area contributed by atoms with Gasteiger partial charge in [-0.05, 0) is 50.5 Å². The van der Waals surface area contributed by atoms with Crippen LogP contribution in [0.2, 0.25) is 0 Å². The highest BCUT2D eigenvalue weighted by molar-refractivity contribution is 5.97. The molecule has 4 heteroatoms. The van der Waals surface area contributed by atoms with Crippen molar-refractivity contribution < 1.29 is 14.3 Å². The van der Waals surface area contributed by atoms with Gasteiger partial charge < -0.3 is 14.8 Å². The Balaban J connectivity index is 2.67. The van der Waals surface area contributed by atoms with Crippen molar-refractivity contribution >= 4 is 11.6 Å². The van der Waals surface area contributed by atoms with E-state index in [1.807, 2.05) is 45.0 Å². The van der Waals surface area contributed by atoms with Crippen LogP contribution < -0.4 is 10.1 Å². The van der Waals surface area contributed by atoms with Crippen LogP contribution in [0.15, 0.2) is 24.3 Å². The summed E-state index contributed by atoms with van der Waals surface area (Å²) in [6.45, 7) is 11.2. The third kappa shape index (κ3) is 5.68. The van der Waals surface area contributed by atoms with Gasteiger partial charge in [0.15, 0.2) is 0 Å². The molecule has 0 aromatic heterocycles. The summed E-state index contributed by atoms with van der Waals surface area (Å²) in [7, 11) is 0. The Morgan fingerprint density at radius 3 is 2.36 bits per heavy atom. The van der Waals surface area contributed by atoms with Crippen molar-refractivity contribution in [1.82, 2.24) is 0 Å². The first-order chi connectivity index (χ1) is 10.4. The van der Waals surface area contributed by atoms with Gasteiger partial charge in [0.1, 0.15) is 11.4 Å². The number of ether oxygens (including phenoxy) is 2. The maximum atomic E-state index is 12.4. The summed E-state index contributed by atoms with van der Waals surface area (Å²) < 4.78 is 11.3. The zero-order chi connectivity index (χ0) is 16.6. The lowest BCUT2D eigenvalue weighted by Gasteiger charge is -2.27. The predicted octanol–water partition coefficient (Wildman–Crippen LogP) is 4.26. The average molecular weight is 307 g/mol. The smallest absolute Gasteiger partial charge is 0.256 e. The van der Waals surface area contributed by atoms with Gasteiger partial charge in [0, 0.05) is 12.3 Å². The highest BCUT2D eigenvalue weighted by Gasteiger charge is 2.32. The summed E-state index contributed by atoms with van der Waals surface area (Å²) in [6, 6.07) is 7.45. The number of amides is 1. The second-order valence-electron chi connectivity index (χ2n) is 6.10. The quantitative estimate of drug-likeness (QED) is 0.741. The van der Waals surface area contributed by atoms with E-state index in [2.05, 4.69) is 19.2 Å². The standard InChI is InChI=1S/C18H29NO3/c1-6-12-18(5,22-7-2)17(20)19-15-8-10-16(11-9-15)21-13-14(3)4/h8-11,14H,6-7,12-13H2,1-5H3,(H,19,20)/t18-/m1/s1. The predicted molar refractivity (Wildman–Crippen MR) is 90.3 cm³/mol. The Bertz CT molecular complexity index is 448. The zero-order valence-electron chi connectivity index (χ0n) is 14.4. The largest absolute Gasteiger partial charge is 0.493 e. The topological polar surface area (TPSA) is 47.6 Å². The second kappa shape index (κ2) is 8.79. The molecule has 124 valence electrons. The van der Waals surface area contributed by atoms with Crippen LogP contribution in [0.25, 0.3) is 0 Å². The molecule has 4 nitrogen and oxygen atoms in total. The lowest BCUT2D eigenvalue weighted by Crippen LogP contribution is -2.42. The van der Waals surface area contributed by atoms with Crippen molar-refractivity contribution in [2.45, 2.75) is 53.1 Å². The van der Waals surface area contributed by atoms with Crippen LogP contribution in [-0.2, 0) is 9.53 Å². The van der Waals surface area contributed by atoms with Gasteiger partial charge in [-0.25, -0.2) is 0 Å². The molecular formula is C18H29NO3. The van der Waals surface area contributed by atoms with E-state index in [9.17, 15) is 4.79 Å². The van der Waals surface area contributed by atoms with Crippen LogP contribution in [0.1, 0.15) is 47.5 Å². The monoisotopic (exact) mass is 307 g/mol. The third-order valence-electron chi connectivity index (χ3n) is 3.37. The van der Waals surface area contributed by atoms with Gasteiger partial charge in [-0.2, -0.15) is 0 Å². The SMILES string of the molecule is CCC[C@@](C)(OCC)C(=O)Nc1ccc(OCC(C)C)cc1. The molecular weight excluding hydrogens is 278 g/mol. The number of hydrogen-bond donors (Lipinski definition) is 1. The van der Waals surface area contributed by atoms with Crippen molar-refractivity contribution in [1.29, 1.82) is 0 Å². The van der Waals surface area contributed by atoms with Crippen molar-refractivity contribution in [3.8, 4) is 5.75 Å². The summed E-state index contributed by atoms with van der Waals surface area (Å²) in [5.74, 6) is 1.19. The van der Waals surface area contributed by atoms with E-state index in [0.29, 0.717) is 25.6 Å². The van der Waals surface area contributed by atoms with Gasteiger partial charge >= 0.3 is 0 Å². The Kier molecular flexibility index (Phi) is 7.39. The summed E-state index contributed by atoms with van der Waals surface area (Å²) >= 11 is 0. The lowest BCUT2D eigenvalue weighted by molar-refractivity contribution is -0.139. The highest BCUT2D eigenvalue weighted by Crippen LogP contribution is 2.22. The molecule has 0 unspecified atom stereocenters. The maximum absolute atomic E-state index is 12.4. The van der Waals surface area contributed by atoms with E-state index in [-0.39, 0.29) is 5.91 Å². The number of nitrogens with one attached hydrogen (secondary N) is 1. The Morgan fingerprint density at radius 2 is 1.86 bits per heavy atom. The fourth-order valence-electron chi connectivity index (χ4n) is 2.21. The molecule has 0 bridgehead atoms. The first-order valence-corrected chi connectivity index (χ1v) is 8.09. The molecule has 1 atom stereocenters. The van der Waals surface area contributed by atoms with Crippen LogP contribution >= 0.6 is 0 Å². The van der Waals surface area contributed by atoms with Crippen LogP contribution in [0, 0.1) is 5.92 Å². The molecule has 0 aliphatic carbocycles. The zero-order valence-corrected chi connectivity index (χ0v) is 14.4. The number of anilines is 1. The highest BCUT2D eigenvalue weighted by atomic mass is 16.5. The second-order valence-corrected chi connectivity index (χ2v) is 6.10. The number of rotatable bonds is 9. The first-order valence-electron chi connectivity index (χ1n) is 8.09. The molecule has 0 heterocycles. The molecule has 0 saturated carbocycles. The minimum Gasteiger partial charge on any atom is -0.493 e. The number of hydrogen-bond acceptors (Lipinski definition) is 3. The van der Waals surface area contributed by atoms with Crippen molar-refractivity contribution in [2.24, 2.45) is 5.92 Å². The molecule has 22 heavy (non-hydrogen) atoms. The number of carbonyl (C=O) groups excluding carboxylic acids is 1. The fourth-order valence-corrected chi connectivity index (χ4v) is 2.21. The van der Waals surface area contributed by atoms with Crippen molar-refractivity contribution in [2.75, 3.05) is 18.5 Å². The number of benzene rings is 1. The summed E-state index contributed by atoms with van der Waals surface area (Å²) in [5, 5.41) is 2.92. The van der Waals surface area contributed by atoms with E-state index in [1.165, 1.54) is 0 Å². The summed E-state index contributed by atoms with van der Waals surface area (Å²) in [4.78, 5) is 12.4. The molecule has 0 radical (unpaired) electrons. The Labute approximate surface area is 134 Å². The van der Waals surface area contributed by atoms with Gasteiger partial charge in [0.25, 0.3) is 5.91 Å². The van der Waals surface area contributed by atoms with Crippen LogP contribution in [-0.4, -0.2) is 24.7 Å². The summed E-state index contributed by atoms with van der Waals surface area (Å²) in [6.07, 6.45) is 1.59. The van der Waals surface area contributed by atoms with E-state index in [1.54, 1.807) is 0 Å². The van der Waals surface area contributed by atoms with Crippen molar-refractivity contribution in [3.63, 3.8) is 0 Å². The molecule has 0 spiro atoms. The van der Waals surface area contributed by atoms with Gasteiger partial charge in [0.2, 0.25) is 0 Å². The molecule has 1 N–H and O–H groups in total. The van der Waals surface area contributed by atoms with Crippen molar-refractivity contribution in [3.05, 3.63) is 24.3 Å². The van der Waals surface area contributed by atoms with Gasteiger partial charge in [-0.3, -0.25) is 4.79 Å². The van der Waals surface area contributed by atoms with Crippen LogP contribution in [0.3, 0.4) is 0 Å². The molecule has 0 aliphatic heterocycles.